The minimum absolute atomic E-state index is 0.155. The third kappa shape index (κ3) is 3.94. The Morgan fingerprint density at radius 2 is 1.76 bits per heavy atom. The van der Waals surface area contributed by atoms with Gasteiger partial charge in [0.05, 0.1) is 16.8 Å². The van der Waals surface area contributed by atoms with Gasteiger partial charge in [-0.15, -0.1) is 0 Å². The van der Waals surface area contributed by atoms with E-state index in [-0.39, 0.29) is 11.5 Å². The van der Waals surface area contributed by atoms with Crippen LogP contribution in [0.1, 0.15) is 39.1 Å². The number of carbonyl (C=O) groups is 3. The maximum atomic E-state index is 13.8. The van der Waals surface area contributed by atoms with Crippen LogP contribution in [0.15, 0.2) is 72.9 Å². The summed E-state index contributed by atoms with van der Waals surface area (Å²) >= 11 is 6.21. The lowest BCUT2D eigenvalue weighted by atomic mass is 9.82. The van der Waals surface area contributed by atoms with Gasteiger partial charge < -0.3 is 9.64 Å². The average Bonchev–Trinajstić information content (AvgIpc) is 3.27. The minimum atomic E-state index is -0.801. The number of nitrogens with one attached hydrogen (secondary N) is 1. The maximum absolute atomic E-state index is 13.8. The van der Waals surface area contributed by atoms with Gasteiger partial charge in [0.1, 0.15) is 11.4 Å². The lowest BCUT2D eigenvalue weighted by Crippen LogP contribution is -2.49. The molecule has 3 aromatic carbocycles. The fraction of sp³-hybridized carbons (Fsp3) is 0.179. The van der Waals surface area contributed by atoms with Crippen molar-refractivity contribution < 1.29 is 23.5 Å². The normalized spacial score (nSPS) is 16.3. The van der Waals surface area contributed by atoms with E-state index >= 15 is 0 Å². The van der Waals surface area contributed by atoms with Crippen LogP contribution in [0.2, 0.25) is 5.02 Å². The number of halogens is 2. The summed E-state index contributed by atoms with van der Waals surface area (Å²) in [4.78, 5) is 40.9. The van der Waals surface area contributed by atoms with Gasteiger partial charge in [0.15, 0.2) is 0 Å². The van der Waals surface area contributed by atoms with Crippen molar-refractivity contribution in [1.29, 1.82) is 0 Å². The second-order valence-electron chi connectivity index (χ2n) is 9.24. The van der Waals surface area contributed by atoms with E-state index in [1.165, 1.54) is 29.0 Å². The third-order valence-corrected chi connectivity index (χ3v) is 7.32. The molecule has 6 rings (SSSR count). The molecule has 1 spiro atoms. The lowest BCUT2D eigenvalue weighted by molar-refractivity contribution is -0.0331. The number of carbonyl (C=O) groups excluding carboxylic acids is 3. The van der Waals surface area contributed by atoms with Gasteiger partial charge in [0, 0.05) is 53.7 Å². The van der Waals surface area contributed by atoms with Crippen molar-refractivity contribution in [2.45, 2.75) is 18.4 Å². The molecule has 0 atom stereocenters. The van der Waals surface area contributed by atoms with Crippen LogP contribution in [-0.2, 0) is 10.3 Å². The number of amides is 2. The summed E-state index contributed by atoms with van der Waals surface area (Å²) in [6.45, 7) is 0.719. The molecule has 1 N–H and O–H groups in total. The van der Waals surface area contributed by atoms with Gasteiger partial charge >= 0.3 is 6.09 Å². The van der Waals surface area contributed by atoms with Crippen molar-refractivity contribution in [3.63, 3.8) is 0 Å². The van der Waals surface area contributed by atoms with Gasteiger partial charge in [-0.1, -0.05) is 41.9 Å². The van der Waals surface area contributed by atoms with Crippen LogP contribution in [0.5, 0.6) is 0 Å². The molecule has 186 valence electrons. The molecule has 0 radical (unpaired) electrons. The first-order chi connectivity index (χ1) is 17.8. The fourth-order valence-electron chi connectivity index (χ4n) is 5.27. The van der Waals surface area contributed by atoms with E-state index in [1.807, 2.05) is 24.3 Å². The number of nitrogens with zero attached hydrogens (tertiary/aromatic N) is 2. The monoisotopic (exact) mass is 517 g/mol. The Balaban J connectivity index is 1.32. The first-order valence-corrected chi connectivity index (χ1v) is 12.2. The van der Waals surface area contributed by atoms with Gasteiger partial charge in [-0.3, -0.25) is 19.5 Å². The summed E-state index contributed by atoms with van der Waals surface area (Å²) in [5.41, 5.74) is 1.77. The predicted molar refractivity (Wildman–Crippen MR) is 136 cm³/mol. The average molecular weight is 518 g/mol. The van der Waals surface area contributed by atoms with Crippen LogP contribution in [0.4, 0.5) is 14.9 Å². The number of anilines is 1. The summed E-state index contributed by atoms with van der Waals surface area (Å²) < 4.78 is 20.9. The molecule has 1 fully saturated rings. The molecule has 4 aromatic rings. The number of piperidine rings is 1. The first-order valence-electron chi connectivity index (χ1n) is 11.8. The van der Waals surface area contributed by atoms with Gasteiger partial charge in [0.25, 0.3) is 11.8 Å². The minimum Gasteiger partial charge on any atom is -0.438 e. The number of fused-ring (bicyclic) bond motifs is 3. The number of hydrogen-bond donors (Lipinski definition) is 1. The van der Waals surface area contributed by atoms with E-state index in [0.717, 1.165) is 11.6 Å². The highest BCUT2D eigenvalue weighted by Gasteiger charge is 2.45. The Kier molecular flexibility index (Phi) is 5.49. The summed E-state index contributed by atoms with van der Waals surface area (Å²) in [6, 6.07) is 17.9. The number of rotatable bonds is 2. The highest BCUT2D eigenvalue weighted by Crippen LogP contribution is 2.43. The van der Waals surface area contributed by atoms with Crippen LogP contribution in [0, 0.1) is 5.82 Å². The van der Waals surface area contributed by atoms with E-state index < -0.39 is 23.4 Å². The van der Waals surface area contributed by atoms with Crippen molar-refractivity contribution in [1.82, 2.24) is 9.47 Å². The molecule has 2 aliphatic rings. The number of likely N-dealkylation sites (tertiary alicyclic amines) is 1. The summed E-state index contributed by atoms with van der Waals surface area (Å²) in [7, 11) is 0. The van der Waals surface area contributed by atoms with E-state index in [1.54, 1.807) is 23.1 Å². The number of aromatic nitrogens is 1. The molecule has 7 nitrogen and oxygen atoms in total. The van der Waals surface area contributed by atoms with E-state index in [0.29, 0.717) is 53.1 Å². The highest BCUT2D eigenvalue weighted by atomic mass is 35.5. The van der Waals surface area contributed by atoms with Gasteiger partial charge in [0.2, 0.25) is 0 Å². The Labute approximate surface area is 216 Å². The Bertz CT molecular complexity index is 1590. The zero-order chi connectivity index (χ0) is 25.7. The molecule has 37 heavy (non-hydrogen) atoms. The first kappa shape index (κ1) is 23.2. The van der Waals surface area contributed by atoms with E-state index in [9.17, 15) is 18.8 Å². The second kappa shape index (κ2) is 8.74. The smallest absolute Gasteiger partial charge is 0.412 e. The lowest BCUT2D eigenvalue weighted by Gasteiger charge is -2.44. The van der Waals surface area contributed by atoms with Crippen LogP contribution in [0.25, 0.3) is 10.9 Å². The quantitative estimate of drug-likeness (QED) is 0.363. The van der Waals surface area contributed by atoms with Crippen LogP contribution < -0.4 is 5.32 Å². The molecule has 0 bridgehead atoms. The molecule has 3 heterocycles. The number of ether oxygens (including phenoxy) is 1. The standard InChI is InChI=1S/C28H21ClFN3O4/c29-18-8-9-20-21(16-33(24(20)15-18)25(34)17-4-3-5-19(30)14-17)26(35)32-12-10-28(11-13-32)22-6-1-2-7-23(22)31-27(36)37-28/h1-9,14-16H,10-13H2,(H,31,36). The Morgan fingerprint density at radius 3 is 2.54 bits per heavy atom. The summed E-state index contributed by atoms with van der Waals surface area (Å²) in [6.07, 6.45) is 1.86. The van der Waals surface area contributed by atoms with Crippen LogP contribution in [0.3, 0.4) is 0 Å². The van der Waals surface area contributed by atoms with Crippen molar-refractivity contribution in [3.05, 3.63) is 100 Å². The molecule has 9 heteroatoms. The molecule has 0 unspecified atom stereocenters. The SMILES string of the molecule is O=C1Nc2ccccc2C2(CCN(C(=O)c3cn(C(=O)c4cccc(F)c4)c4cc(Cl)ccc34)CC2)O1. The fourth-order valence-corrected chi connectivity index (χ4v) is 5.44. The topological polar surface area (TPSA) is 80.6 Å². The molecule has 0 aliphatic carbocycles. The second-order valence-corrected chi connectivity index (χ2v) is 9.67. The van der Waals surface area contributed by atoms with Crippen LogP contribution >= 0.6 is 11.6 Å². The Morgan fingerprint density at radius 1 is 0.973 bits per heavy atom. The van der Waals surface area contributed by atoms with Crippen molar-refractivity contribution in [2.24, 2.45) is 0 Å². The van der Waals surface area contributed by atoms with E-state index in [4.69, 9.17) is 16.3 Å². The molecular weight excluding hydrogens is 497 g/mol. The third-order valence-electron chi connectivity index (χ3n) is 7.09. The number of para-hydroxylation sites is 1. The van der Waals surface area contributed by atoms with Gasteiger partial charge in [-0.05, 0) is 36.4 Å². The summed E-state index contributed by atoms with van der Waals surface area (Å²) in [5, 5.41) is 3.71. The molecule has 1 saturated heterocycles. The highest BCUT2D eigenvalue weighted by molar-refractivity contribution is 6.31. The molecule has 2 aliphatic heterocycles. The largest absolute Gasteiger partial charge is 0.438 e. The zero-order valence-corrected chi connectivity index (χ0v) is 20.3. The van der Waals surface area contributed by atoms with Gasteiger partial charge in [-0.25, -0.2) is 9.18 Å². The van der Waals surface area contributed by atoms with Crippen LogP contribution in [-0.4, -0.2) is 40.5 Å². The zero-order valence-electron chi connectivity index (χ0n) is 19.5. The van der Waals surface area contributed by atoms with Gasteiger partial charge in [-0.2, -0.15) is 0 Å². The molecular formula is C28H21ClFN3O4. The molecule has 2 amide bonds. The van der Waals surface area contributed by atoms with Crippen molar-refractivity contribution in [2.75, 3.05) is 18.4 Å². The number of hydrogen-bond acceptors (Lipinski definition) is 4. The molecule has 0 saturated carbocycles. The number of benzene rings is 3. The predicted octanol–water partition coefficient (Wildman–Crippen LogP) is 5.82. The van der Waals surface area contributed by atoms with E-state index in [2.05, 4.69) is 5.32 Å². The molecule has 1 aromatic heterocycles. The van der Waals surface area contributed by atoms with Crippen molar-refractivity contribution >= 4 is 46.1 Å². The summed E-state index contributed by atoms with van der Waals surface area (Å²) in [5.74, 6) is -1.25. The maximum Gasteiger partial charge on any atom is 0.412 e. The van der Waals surface area contributed by atoms with Crippen molar-refractivity contribution in [3.8, 4) is 0 Å². The Hall–Kier alpha value is -4.17.